The maximum absolute atomic E-state index is 6.10. The van der Waals surface area contributed by atoms with Gasteiger partial charge in [-0.25, -0.2) is 0 Å². The van der Waals surface area contributed by atoms with E-state index in [-0.39, 0.29) is 0 Å². The van der Waals surface area contributed by atoms with Crippen molar-refractivity contribution in [3.8, 4) is 5.75 Å². The Morgan fingerprint density at radius 2 is 2.11 bits per heavy atom. The summed E-state index contributed by atoms with van der Waals surface area (Å²) in [5.41, 5.74) is 2.04. The fraction of sp³-hybridized carbons (Fsp3) is 0.571. The van der Waals surface area contributed by atoms with Gasteiger partial charge in [-0.15, -0.1) is 0 Å². The van der Waals surface area contributed by atoms with Crippen LogP contribution in [0.4, 0.5) is 5.69 Å². The summed E-state index contributed by atoms with van der Waals surface area (Å²) in [4.78, 5) is 0. The lowest BCUT2D eigenvalue weighted by Crippen LogP contribution is -2.27. The largest absolute Gasteiger partial charge is 0.495 e. The first kappa shape index (κ1) is 13.5. The third kappa shape index (κ3) is 3.09. The molecule has 0 aromatic heterocycles. The standard InChI is InChI=1S/C14H20ClNO2/c1-9-6-12(14(18-3)7-11(9)15)16-13(8-17-2)10-4-5-10/h6-7,10,13,16H,4-5,8H2,1-3H3. The minimum atomic E-state index is 0.351. The summed E-state index contributed by atoms with van der Waals surface area (Å²) in [5, 5.41) is 4.25. The molecule has 3 nitrogen and oxygen atoms in total. The maximum Gasteiger partial charge on any atom is 0.143 e. The number of benzene rings is 1. The Morgan fingerprint density at radius 1 is 1.39 bits per heavy atom. The topological polar surface area (TPSA) is 30.5 Å². The molecule has 2 rings (SSSR count). The van der Waals surface area contributed by atoms with Crippen molar-refractivity contribution in [2.75, 3.05) is 26.1 Å². The van der Waals surface area contributed by atoms with Crippen LogP contribution in [-0.2, 0) is 4.74 Å². The highest BCUT2D eigenvalue weighted by Gasteiger charge is 2.31. The van der Waals surface area contributed by atoms with Gasteiger partial charge in [0.15, 0.2) is 0 Å². The number of methoxy groups -OCH3 is 2. The lowest BCUT2D eigenvalue weighted by molar-refractivity contribution is 0.179. The molecule has 0 heterocycles. The molecule has 0 radical (unpaired) electrons. The second-order valence-electron chi connectivity index (χ2n) is 4.85. The molecule has 100 valence electrons. The molecule has 0 saturated heterocycles. The minimum Gasteiger partial charge on any atom is -0.495 e. The number of nitrogens with one attached hydrogen (secondary N) is 1. The Bertz CT molecular complexity index is 419. The molecule has 18 heavy (non-hydrogen) atoms. The van der Waals surface area contributed by atoms with Crippen molar-refractivity contribution in [3.05, 3.63) is 22.7 Å². The molecular formula is C14H20ClNO2. The van der Waals surface area contributed by atoms with E-state index in [2.05, 4.69) is 5.32 Å². The van der Waals surface area contributed by atoms with E-state index in [4.69, 9.17) is 21.1 Å². The van der Waals surface area contributed by atoms with Gasteiger partial charge in [0.1, 0.15) is 5.75 Å². The van der Waals surface area contributed by atoms with E-state index < -0.39 is 0 Å². The minimum absolute atomic E-state index is 0.351. The molecule has 0 bridgehead atoms. The normalized spacial score (nSPS) is 16.4. The Labute approximate surface area is 113 Å². The van der Waals surface area contributed by atoms with Crippen LogP contribution in [0.25, 0.3) is 0 Å². The zero-order valence-corrected chi connectivity index (χ0v) is 11.9. The highest BCUT2D eigenvalue weighted by atomic mass is 35.5. The summed E-state index contributed by atoms with van der Waals surface area (Å²) in [5.74, 6) is 1.50. The van der Waals surface area contributed by atoms with Gasteiger partial charge in [-0.2, -0.15) is 0 Å². The average Bonchev–Trinajstić information content (AvgIpc) is 3.17. The summed E-state index contributed by atoms with van der Waals surface area (Å²) in [6.45, 7) is 2.71. The molecule has 1 unspecified atom stereocenters. The Morgan fingerprint density at radius 3 is 2.67 bits per heavy atom. The lowest BCUT2D eigenvalue weighted by Gasteiger charge is -2.21. The van der Waals surface area contributed by atoms with E-state index in [1.54, 1.807) is 14.2 Å². The zero-order valence-electron chi connectivity index (χ0n) is 11.1. The van der Waals surface area contributed by atoms with E-state index in [0.29, 0.717) is 12.0 Å². The van der Waals surface area contributed by atoms with Gasteiger partial charge in [0.05, 0.1) is 25.4 Å². The van der Waals surface area contributed by atoms with Crippen LogP contribution in [0.1, 0.15) is 18.4 Å². The predicted molar refractivity (Wildman–Crippen MR) is 74.8 cm³/mol. The van der Waals surface area contributed by atoms with Crippen LogP contribution in [0.5, 0.6) is 5.75 Å². The number of halogens is 1. The van der Waals surface area contributed by atoms with Crippen molar-refractivity contribution < 1.29 is 9.47 Å². The lowest BCUT2D eigenvalue weighted by atomic mass is 10.1. The zero-order chi connectivity index (χ0) is 13.1. The van der Waals surface area contributed by atoms with E-state index in [0.717, 1.165) is 28.6 Å². The highest BCUT2D eigenvalue weighted by Crippen LogP contribution is 2.37. The highest BCUT2D eigenvalue weighted by molar-refractivity contribution is 6.31. The van der Waals surface area contributed by atoms with Gasteiger partial charge >= 0.3 is 0 Å². The van der Waals surface area contributed by atoms with Crippen molar-refractivity contribution >= 4 is 17.3 Å². The molecule has 1 aliphatic carbocycles. The summed E-state index contributed by atoms with van der Waals surface area (Å²) >= 11 is 6.10. The van der Waals surface area contributed by atoms with Crippen LogP contribution in [0, 0.1) is 12.8 Å². The maximum atomic E-state index is 6.10. The summed E-state index contributed by atoms with van der Waals surface area (Å²) in [6, 6.07) is 4.24. The first-order chi connectivity index (χ1) is 8.65. The molecule has 1 atom stereocenters. The first-order valence-electron chi connectivity index (χ1n) is 6.25. The van der Waals surface area contributed by atoms with Crippen LogP contribution in [-0.4, -0.2) is 26.9 Å². The predicted octanol–water partition coefficient (Wildman–Crippen LogP) is 3.49. The van der Waals surface area contributed by atoms with E-state index in [9.17, 15) is 0 Å². The summed E-state index contributed by atoms with van der Waals surface area (Å²) < 4.78 is 10.6. The fourth-order valence-electron chi connectivity index (χ4n) is 2.12. The smallest absolute Gasteiger partial charge is 0.143 e. The Balaban J connectivity index is 2.18. The van der Waals surface area contributed by atoms with Crippen molar-refractivity contribution in [1.29, 1.82) is 0 Å². The van der Waals surface area contributed by atoms with Gasteiger partial charge in [0.2, 0.25) is 0 Å². The van der Waals surface area contributed by atoms with Crippen molar-refractivity contribution in [1.82, 2.24) is 0 Å². The van der Waals surface area contributed by atoms with Crippen molar-refractivity contribution in [2.24, 2.45) is 5.92 Å². The van der Waals surface area contributed by atoms with E-state index >= 15 is 0 Å². The number of hydrogen-bond donors (Lipinski definition) is 1. The van der Waals surface area contributed by atoms with Crippen molar-refractivity contribution in [2.45, 2.75) is 25.8 Å². The third-order valence-corrected chi connectivity index (χ3v) is 3.77. The van der Waals surface area contributed by atoms with Crippen LogP contribution in [0.2, 0.25) is 5.02 Å². The quantitative estimate of drug-likeness (QED) is 0.857. The molecule has 1 saturated carbocycles. The molecule has 1 aromatic rings. The molecule has 0 spiro atoms. The van der Waals surface area contributed by atoms with Gasteiger partial charge in [0, 0.05) is 18.2 Å². The van der Waals surface area contributed by atoms with Crippen LogP contribution < -0.4 is 10.1 Å². The van der Waals surface area contributed by atoms with Gasteiger partial charge in [-0.1, -0.05) is 11.6 Å². The van der Waals surface area contributed by atoms with Gasteiger partial charge in [0.25, 0.3) is 0 Å². The monoisotopic (exact) mass is 269 g/mol. The fourth-order valence-corrected chi connectivity index (χ4v) is 2.27. The molecule has 0 aliphatic heterocycles. The number of rotatable bonds is 6. The second-order valence-corrected chi connectivity index (χ2v) is 5.25. The molecule has 4 heteroatoms. The van der Waals surface area contributed by atoms with Gasteiger partial charge < -0.3 is 14.8 Å². The van der Waals surface area contributed by atoms with Crippen molar-refractivity contribution in [3.63, 3.8) is 0 Å². The molecule has 1 fully saturated rings. The SMILES string of the molecule is COCC(Nc1cc(C)c(Cl)cc1OC)C1CC1. The Hall–Kier alpha value is -0.930. The number of anilines is 1. The summed E-state index contributed by atoms with van der Waals surface area (Å²) in [7, 11) is 3.40. The van der Waals surface area contributed by atoms with Crippen LogP contribution in [0.15, 0.2) is 12.1 Å². The Kier molecular flexibility index (Phi) is 4.36. The first-order valence-corrected chi connectivity index (χ1v) is 6.63. The number of aryl methyl sites for hydroxylation is 1. The average molecular weight is 270 g/mol. The molecule has 1 aromatic carbocycles. The number of hydrogen-bond acceptors (Lipinski definition) is 3. The van der Waals surface area contributed by atoms with Gasteiger partial charge in [-0.05, 0) is 37.3 Å². The second kappa shape index (κ2) is 5.81. The van der Waals surface area contributed by atoms with Crippen LogP contribution >= 0.6 is 11.6 Å². The van der Waals surface area contributed by atoms with Gasteiger partial charge in [-0.3, -0.25) is 0 Å². The molecule has 1 N–H and O–H groups in total. The molecular weight excluding hydrogens is 250 g/mol. The third-order valence-electron chi connectivity index (χ3n) is 3.36. The molecule has 1 aliphatic rings. The summed E-state index contributed by atoms with van der Waals surface area (Å²) in [6.07, 6.45) is 2.55. The van der Waals surface area contributed by atoms with Crippen LogP contribution in [0.3, 0.4) is 0 Å². The molecule has 0 amide bonds. The number of ether oxygens (including phenoxy) is 2. The van der Waals surface area contributed by atoms with E-state index in [1.165, 1.54) is 12.8 Å². The van der Waals surface area contributed by atoms with E-state index in [1.807, 2.05) is 19.1 Å².